The van der Waals surface area contributed by atoms with Gasteiger partial charge < -0.3 is 25.6 Å². The van der Waals surface area contributed by atoms with E-state index in [2.05, 4.69) is 45.9 Å². The molecule has 4 aromatic rings. The van der Waals surface area contributed by atoms with Crippen molar-refractivity contribution in [2.75, 3.05) is 30.3 Å². The van der Waals surface area contributed by atoms with Gasteiger partial charge >= 0.3 is 0 Å². The summed E-state index contributed by atoms with van der Waals surface area (Å²) in [5.41, 5.74) is 3.61. The van der Waals surface area contributed by atoms with Crippen LogP contribution in [0.25, 0.3) is 16.9 Å². The molecule has 1 fully saturated rings. The van der Waals surface area contributed by atoms with Crippen LogP contribution >= 0.6 is 0 Å². The molecular weight excluding hydrogens is 430 g/mol. The van der Waals surface area contributed by atoms with Gasteiger partial charge in [-0.2, -0.15) is 15.1 Å². The van der Waals surface area contributed by atoms with Crippen molar-refractivity contribution in [1.82, 2.24) is 34.6 Å². The van der Waals surface area contributed by atoms with Gasteiger partial charge in [-0.3, -0.25) is 0 Å². The largest absolute Gasteiger partial charge is 0.391 e. The molecule has 1 aliphatic heterocycles. The van der Waals surface area contributed by atoms with Crippen molar-refractivity contribution >= 4 is 22.9 Å². The molecule has 1 aliphatic rings. The third-order valence-corrected chi connectivity index (χ3v) is 6.28. The number of para-hydroxylation sites is 1. The first-order valence-electron chi connectivity index (χ1n) is 11.8. The first-order chi connectivity index (χ1) is 16.6. The summed E-state index contributed by atoms with van der Waals surface area (Å²) in [5.74, 6) is 1.37. The Morgan fingerprint density at radius 3 is 2.85 bits per heavy atom. The van der Waals surface area contributed by atoms with Crippen molar-refractivity contribution < 1.29 is 5.11 Å². The molecule has 0 spiro atoms. The summed E-state index contributed by atoms with van der Waals surface area (Å²) in [6.45, 7) is 6.92. The van der Waals surface area contributed by atoms with E-state index in [1.807, 2.05) is 46.0 Å². The number of benzene rings is 1. The number of hydrogen-bond acceptors (Lipinski definition) is 8. The summed E-state index contributed by atoms with van der Waals surface area (Å²) in [6, 6.07) is 10.3. The van der Waals surface area contributed by atoms with Crippen LogP contribution < -0.4 is 16.0 Å². The minimum Gasteiger partial charge on any atom is -0.391 e. The van der Waals surface area contributed by atoms with Gasteiger partial charge in [0, 0.05) is 44.0 Å². The molecule has 3 aromatic heterocycles. The number of imidazole rings is 1. The fraction of sp³-hybridized carbons (Fsp3) is 0.417. The van der Waals surface area contributed by atoms with Crippen LogP contribution in [0, 0.1) is 5.92 Å². The van der Waals surface area contributed by atoms with Crippen LogP contribution in [0.2, 0.25) is 0 Å². The number of aliphatic hydroxyl groups excluding tert-OH is 1. The molecule has 5 rings (SSSR count). The molecule has 1 saturated heterocycles. The lowest BCUT2D eigenvalue weighted by Crippen LogP contribution is -2.43. The predicted octanol–water partition coefficient (Wildman–Crippen LogP) is 2.59. The average Bonchev–Trinajstić information content (AvgIpc) is 3.53. The third-order valence-electron chi connectivity index (χ3n) is 6.28. The minimum absolute atomic E-state index is 0.160. The molecule has 4 heterocycles. The van der Waals surface area contributed by atoms with Crippen molar-refractivity contribution in [3.8, 4) is 5.69 Å². The smallest absolute Gasteiger partial charge is 0.226 e. The topological polar surface area (TPSA) is 118 Å². The maximum absolute atomic E-state index is 10.3. The molecule has 34 heavy (non-hydrogen) atoms. The summed E-state index contributed by atoms with van der Waals surface area (Å²) < 4.78 is 3.90. The highest BCUT2D eigenvalue weighted by atomic mass is 16.3. The number of nitrogens with one attached hydrogen (secondary N) is 3. The number of anilines is 2. The van der Waals surface area contributed by atoms with Gasteiger partial charge in [0.15, 0.2) is 17.0 Å². The number of aromatic nitrogens is 6. The Morgan fingerprint density at radius 2 is 2.06 bits per heavy atom. The quantitative estimate of drug-likeness (QED) is 0.316. The molecule has 0 bridgehead atoms. The molecule has 0 unspecified atom stereocenters. The van der Waals surface area contributed by atoms with E-state index in [9.17, 15) is 5.11 Å². The first kappa shape index (κ1) is 22.3. The Kier molecular flexibility index (Phi) is 6.41. The molecule has 10 heteroatoms. The van der Waals surface area contributed by atoms with Crippen molar-refractivity contribution in [2.24, 2.45) is 5.92 Å². The zero-order chi connectivity index (χ0) is 23.5. The van der Waals surface area contributed by atoms with Gasteiger partial charge in [0.2, 0.25) is 5.95 Å². The van der Waals surface area contributed by atoms with E-state index in [0.29, 0.717) is 31.4 Å². The normalized spacial score (nSPS) is 18.5. The van der Waals surface area contributed by atoms with E-state index < -0.39 is 0 Å². The molecule has 10 nitrogen and oxygen atoms in total. The Morgan fingerprint density at radius 1 is 1.18 bits per heavy atom. The van der Waals surface area contributed by atoms with Crippen LogP contribution in [-0.2, 0) is 6.54 Å². The highest BCUT2D eigenvalue weighted by Gasteiger charge is 2.23. The Balaban J connectivity index is 1.42. The lowest BCUT2D eigenvalue weighted by atomic mass is 9.95. The van der Waals surface area contributed by atoms with Crippen LogP contribution in [0.1, 0.15) is 31.9 Å². The standard InChI is InChI=1S/C24H31N9O/c1-16(2)32-15-28-21-22(26-12-17-6-3-4-7-19(17)33-11-5-9-29-33)30-24(31-23(21)32)27-13-18-8-10-25-14-20(18)34/h3-7,9,11,15-16,18,20,25,34H,8,10,12-14H2,1-2H3,(H2,26,27,30,31)/t18-,20+/m1/s1. The zero-order valence-electron chi connectivity index (χ0n) is 19.5. The van der Waals surface area contributed by atoms with Crippen molar-refractivity contribution in [3.63, 3.8) is 0 Å². The van der Waals surface area contributed by atoms with Gasteiger partial charge in [-0.15, -0.1) is 0 Å². The second-order valence-corrected chi connectivity index (χ2v) is 8.95. The Bertz CT molecular complexity index is 1230. The molecule has 1 aromatic carbocycles. The van der Waals surface area contributed by atoms with Crippen molar-refractivity contribution in [1.29, 1.82) is 0 Å². The van der Waals surface area contributed by atoms with E-state index in [1.165, 1.54) is 0 Å². The second kappa shape index (κ2) is 9.78. The molecule has 0 aliphatic carbocycles. The zero-order valence-corrected chi connectivity index (χ0v) is 19.5. The van der Waals surface area contributed by atoms with E-state index in [4.69, 9.17) is 9.97 Å². The molecule has 178 valence electrons. The molecule has 0 amide bonds. The average molecular weight is 462 g/mol. The van der Waals surface area contributed by atoms with E-state index in [0.717, 1.165) is 35.4 Å². The summed E-state index contributed by atoms with van der Waals surface area (Å²) in [4.78, 5) is 14.1. The maximum atomic E-state index is 10.3. The first-order valence-corrected chi connectivity index (χ1v) is 11.8. The maximum Gasteiger partial charge on any atom is 0.226 e. The highest BCUT2D eigenvalue weighted by molar-refractivity contribution is 5.84. The van der Waals surface area contributed by atoms with Gasteiger partial charge in [0.25, 0.3) is 0 Å². The Labute approximate surface area is 198 Å². The van der Waals surface area contributed by atoms with Crippen LogP contribution in [0.3, 0.4) is 0 Å². The number of hydrogen-bond donors (Lipinski definition) is 4. The number of fused-ring (bicyclic) bond motifs is 1. The van der Waals surface area contributed by atoms with Crippen LogP contribution in [-0.4, -0.2) is 60.1 Å². The molecular formula is C24H31N9O. The predicted molar refractivity (Wildman–Crippen MR) is 132 cm³/mol. The van der Waals surface area contributed by atoms with Crippen LogP contribution in [0.5, 0.6) is 0 Å². The number of β-amino-alcohol motifs (C(OH)–C–C–N with tert-alkyl or cyclic N) is 1. The monoisotopic (exact) mass is 461 g/mol. The SMILES string of the molecule is CC(C)n1cnc2c(NCc3ccccc3-n3cccn3)nc(NC[C@H]3CCNC[C@@H]3O)nc21. The lowest BCUT2D eigenvalue weighted by Gasteiger charge is -2.28. The third kappa shape index (κ3) is 4.59. The van der Waals surface area contributed by atoms with E-state index >= 15 is 0 Å². The van der Waals surface area contributed by atoms with Gasteiger partial charge in [-0.1, -0.05) is 18.2 Å². The van der Waals surface area contributed by atoms with Crippen LogP contribution in [0.15, 0.2) is 49.1 Å². The number of nitrogens with zero attached hydrogens (tertiary/aromatic N) is 6. The minimum atomic E-state index is -0.373. The van der Waals surface area contributed by atoms with Crippen molar-refractivity contribution in [2.45, 2.75) is 39.0 Å². The van der Waals surface area contributed by atoms with E-state index in [1.54, 1.807) is 6.20 Å². The number of aliphatic hydroxyl groups is 1. The number of piperidine rings is 1. The fourth-order valence-corrected chi connectivity index (χ4v) is 4.33. The van der Waals surface area contributed by atoms with Gasteiger partial charge in [-0.25, -0.2) is 9.67 Å². The van der Waals surface area contributed by atoms with Gasteiger partial charge in [0.1, 0.15) is 0 Å². The van der Waals surface area contributed by atoms with Gasteiger partial charge in [-0.05, 0) is 44.5 Å². The fourth-order valence-electron chi connectivity index (χ4n) is 4.33. The van der Waals surface area contributed by atoms with Crippen LogP contribution in [0.4, 0.5) is 11.8 Å². The second-order valence-electron chi connectivity index (χ2n) is 8.95. The summed E-state index contributed by atoms with van der Waals surface area (Å²) >= 11 is 0. The summed E-state index contributed by atoms with van der Waals surface area (Å²) in [7, 11) is 0. The molecule has 0 radical (unpaired) electrons. The summed E-state index contributed by atoms with van der Waals surface area (Å²) in [5, 5.41) is 24.7. The molecule has 4 N–H and O–H groups in total. The number of rotatable bonds is 8. The molecule has 2 atom stereocenters. The molecule has 0 saturated carbocycles. The summed E-state index contributed by atoms with van der Waals surface area (Å²) in [6.07, 6.45) is 6.06. The highest BCUT2D eigenvalue weighted by Crippen LogP contribution is 2.25. The lowest BCUT2D eigenvalue weighted by molar-refractivity contribution is 0.0883. The van der Waals surface area contributed by atoms with E-state index in [-0.39, 0.29) is 18.1 Å². The Hall–Kier alpha value is -3.50. The van der Waals surface area contributed by atoms with Gasteiger partial charge in [0.05, 0.1) is 18.1 Å². The van der Waals surface area contributed by atoms with Crippen molar-refractivity contribution in [3.05, 3.63) is 54.6 Å².